The molecule has 1 saturated heterocycles. The average Bonchev–Trinajstić information content (AvgIpc) is 2.74. The molecule has 2 unspecified atom stereocenters. The van der Waals surface area contributed by atoms with E-state index < -0.39 is 0 Å². The van der Waals surface area contributed by atoms with E-state index in [0.29, 0.717) is 43.4 Å². The molecule has 5 nitrogen and oxygen atoms in total. The molecule has 1 spiro atoms. The fraction of sp³-hybridized carbons (Fsp3) is 0.920. The van der Waals surface area contributed by atoms with Gasteiger partial charge in [-0.25, -0.2) is 0 Å². The third kappa shape index (κ3) is 2.54. The fourth-order valence-corrected chi connectivity index (χ4v) is 9.34. The SMILES string of the molecule is O=C1C2CC3CC1CC(C(=O)OCC1COC4(OC1)C1CC5CC(C1)CC4C5)(C3)C2. The standard InChI is InChI=1S/C25H34O5/c26-22-18-2-16-3-19(22)10-24(8-16,9-18)23(27)28-11-17-12-29-25(30-13-17)20-4-14-1-15(6-20)7-21(25)5-14/h14-21H,1-13H2. The number of rotatable bonds is 3. The van der Waals surface area contributed by atoms with Crippen molar-refractivity contribution in [2.24, 2.45) is 52.8 Å². The Morgan fingerprint density at radius 1 is 0.833 bits per heavy atom. The van der Waals surface area contributed by atoms with Crippen molar-refractivity contribution in [3.05, 3.63) is 0 Å². The van der Waals surface area contributed by atoms with Crippen LogP contribution in [0.4, 0.5) is 0 Å². The van der Waals surface area contributed by atoms with Crippen molar-refractivity contribution in [2.45, 2.75) is 70.0 Å². The summed E-state index contributed by atoms with van der Waals surface area (Å²) in [5.74, 6) is 3.88. The smallest absolute Gasteiger partial charge is 0.312 e. The summed E-state index contributed by atoms with van der Waals surface area (Å²) in [6, 6.07) is 0. The topological polar surface area (TPSA) is 61.8 Å². The minimum atomic E-state index is -0.385. The zero-order chi connectivity index (χ0) is 20.1. The Labute approximate surface area is 178 Å². The zero-order valence-corrected chi connectivity index (χ0v) is 17.9. The average molecular weight is 415 g/mol. The molecule has 0 aromatic carbocycles. The third-order valence-electron chi connectivity index (χ3n) is 10.2. The van der Waals surface area contributed by atoms with Crippen LogP contribution in [0.15, 0.2) is 0 Å². The van der Waals surface area contributed by atoms with Crippen LogP contribution in [0.5, 0.6) is 0 Å². The maximum atomic E-state index is 13.1. The molecular weight excluding hydrogens is 380 g/mol. The van der Waals surface area contributed by atoms with Gasteiger partial charge in [0.25, 0.3) is 0 Å². The van der Waals surface area contributed by atoms with Crippen molar-refractivity contribution in [3.63, 3.8) is 0 Å². The number of Topliss-reactive ketones (excluding diaryl/α,β-unsaturated/α-hetero) is 1. The van der Waals surface area contributed by atoms with E-state index in [4.69, 9.17) is 14.2 Å². The van der Waals surface area contributed by atoms with E-state index in [9.17, 15) is 9.59 Å². The summed E-state index contributed by atoms with van der Waals surface area (Å²) in [5.41, 5.74) is -0.385. The van der Waals surface area contributed by atoms with Gasteiger partial charge in [-0.3, -0.25) is 9.59 Å². The quantitative estimate of drug-likeness (QED) is 0.659. The van der Waals surface area contributed by atoms with Gasteiger partial charge in [-0.05, 0) is 82.0 Å². The van der Waals surface area contributed by atoms with Crippen molar-refractivity contribution in [1.82, 2.24) is 0 Å². The third-order valence-corrected chi connectivity index (χ3v) is 10.2. The predicted octanol–water partition coefficient (Wildman–Crippen LogP) is 3.74. The molecule has 0 N–H and O–H groups in total. The van der Waals surface area contributed by atoms with Crippen LogP contribution in [0, 0.1) is 52.8 Å². The molecule has 5 heteroatoms. The maximum Gasteiger partial charge on any atom is 0.312 e. The second-order valence-corrected chi connectivity index (χ2v) is 12.1. The van der Waals surface area contributed by atoms with Gasteiger partial charge in [-0.2, -0.15) is 0 Å². The lowest BCUT2D eigenvalue weighted by Crippen LogP contribution is -2.63. The highest BCUT2D eigenvalue weighted by Crippen LogP contribution is 2.61. The van der Waals surface area contributed by atoms with E-state index in [1.165, 1.54) is 32.1 Å². The van der Waals surface area contributed by atoms with Crippen LogP contribution in [0.1, 0.15) is 64.2 Å². The molecule has 0 aromatic heterocycles. The van der Waals surface area contributed by atoms with Crippen LogP contribution in [0.2, 0.25) is 0 Å². The van der Waals surface area contributed by atoms with Gasteiger partial charge in [-0.15, -0.1) is 0 Å². The summed E-state index contributed by atoms with van der Waals surface area (Å²) in [6.45, 7) is 1.69. The Bertz CT molecular complexity index is 718. The molecule has 0 radical (unpaired) electrons. The van der Waals surface area contributed by atoms with Crippen molar-refractivity contribution in [1.29, 1.82) is 0 Å². The second-order valence-electron chi connectivity index (χ2n) is 12.1. The predicted molar refractivity (Wildman–Crippen MR) is 107 cm³/mol. The van der Waals surface area contributed by atoms with Crippen molar-refractivity contribution in [2.75, 3.05) is 19.8 Å². The largest absolute Gasteiger partial charge is 0.465 e. The lowest BCUT2D eigenvalue weighted by atomic mass is 9.49. The first-order chi connectivity index (χ1) is 14.5. The highest BCUT2D eigenvalue weighted by molar-refractivity contribution is 5.89. The summed E-state index contributed by atoms with van der Waals surface area (Å²) in [7, 11) is 0. The Kier molecular flexibility index (Phi) is 3.92. The maximum absolute atomic E-state index is 13.1. The molecule has 8 aliphatic carbocycles. The summed E-state index contributed by atoms with van der Waals surface area (Å²) >= 11 is 0. The lowest BCUT2D eigenvalue weighted by molar-refractivity contribution is -0.369. The van der Waals surface area contributed by atoms with Crippen molar-refractivity contribution >= 4 is 11.8 Å². The summed E-state index contributed by atoms with van der Waals surface area (Å²) in [6.07, 6.45) is 10.9. The van der Waals surface area contributed by atoms with Gasteiger partial charge in [0.2, 0.25) is 0 Å². The van der Waals surface area contributed by atoms with Gasteiger partial charge < -0.3 is 14.2 Å². The highest BCUT2D eigenvalue weighted by Gasteiger charge is 2.61. The number of carbonyl (C=O) groups is 2. The number of carbonyl (C=O) groups excluding carboxylic acids is 2. The zero-order valence-electron chi connectivity index (χ0n) is 17.9. The Morgan fingerprint density at radius 3 is 2.03 bits per heavy atom. The van der Waals surface area contributed by atoms with E-state index in [0.717, 1.165) is 43.9 Å². The molecule has 0 amide bonds. The van der Waals surface area contributed by atoms with Crippen molar-refractivity contribution < 1.29 is 23.8 Å². The Morgan fingerprint density at radius 2 is 1.43 bits per heavy atom. The van der Waals surface area contributed by atoms with E-state index in [2.05, 4.69) is 0 Å². The van der Waals surface area contributed by atoms with Gasteiger partial charge in [-0.1, -0.05) is 0 Å². The van der Waals surface area contributed by atoms with Crippen LogP contribution >= 0.6 is 0 Å². The van der Waals surface area contributed by atoms with Crippen molar-refractivity contribution in [3.8, 4) is 0 Å². The van der Waals surface area contributed by atoms with Crippen LogP contribution in [0.3, 0.4) is 0 Å². The van der Waals surface area contributed by atoms with Crippen LogP contribution in [-0.2, 0) is 23.8 Å². The molecule has 1 aliphatic heterocycles. The molecule has 164 valence electrons. The number of hydrogen-bond acceptors (Lipinski definition) is 5. The molecule has 8 saturated carbocycles. The number of ether oxygens (including phenoxy) is 3. The molecule has 0 aromatic rings. The monoisotopic (exact) mass is 414 g/mol. The molecule has 30 heavy (non-hydrogen) atoms. The molecular formula is C25H34O5. The lowest BCUT2D eigenvalue weighted by Gasteiger charge is -2.61. The van der Waals surface area contributed by atoms with Crippen LogP contribution in [-0.4, -0.2) is 37.4 Å². The second kappa shape index (κ2) is 6.31. The molecule has 2 atom stereocenters. The van der Waals surface area contributed by atoms with Gasteiger partial charge in [0, 0.05) is 29.6 Å². The van der Waals surface area contributed by atoms with Gasteiger partial charge >= 0.3 is 5.97 Å². The van der Waals surface area contributed by atoms with Gasteiger partial charge in [0.05, 0.1) is 25.2 Å². The molecule has 9 fully saturated rings. The number of ketones is 1. The minimum absolute atomic E-state index is 0.0516. The first-order valence-electron chi connectivity index (χ1n) is 12.5. The molecule has 9 rings (SSSR count). The summed E-state index contributed by atoms with van der Waals surface area (Å²) < 4.78 is 18.9. The number of esters is 1. The summed E-state index contributed by atoms with van der Waals surface area (Å²) in [5, 5.41) is 0. The molecule has 9 aliphatic rings. The normalized spacial score (nSPS) is 55.4. The fourth-order valence-electron chi connectivity index (χ4n) is 9.34. The van der Waals surface area contributed by atoms with E-state index in [-0.39, 0.29) is 34.9 Å². The first-order valence-corrected chi connectivity index (χ1v) is 12.5. The van der Waals surface area contributed by atoms with Gasteiger partial charge in [0.15, 0.2) is 5.79 Å². The Balaban J connectivity index is 0.976. The van der Waals surface area contributed by atoms with E-state index in [1.54, 1.807) is 0 Å². The van der Waals surface area contributed by atoms with E-state index in [1.807, 2.05) is 0 Å². The minimum Gasteiger partial charge on any atom is -0.465 e. The van der Waals surface area contributed by atoms with Crippen LogP contribution in [0.25, 0.3) is 0 Å². The number of hydrogen-bond donors (Lipinski definition) is 0. The van der Waals surface area contributed by atoms with Gasteiger partial charge in [0.1, 0.15) is 5.78 Å². The Hall–Kier alpha value is -0.940. The summed E-state index contributed by atoms with van der Waals surface area (Å²) in [4.78, 5) is 25.5. The molecule has 8 bridgehead atoms. The highest BCUT2D eigenvalue weighted by atomic mass is 16.7. The molecule has 1 heterocycles. The van der Waals surface area contributed by atoms with Crippen LogP contribution < -0.4 is 0 Å². The first kappa shape index (κ1) is 18.6. The van der Waals surface area contributed by atoms with E-state index >= 15 is 0 Å².